The molecule has 0 bridgehead atoms. The number of para-hydroxylation sites is 1. The van der Waals surface area contributed by atoms with Crippen LogP contribution in [0.15, 0.2) is 27.3 Å². The fourth-order valence-electron chi connectivity index (χ4n) is 4.24. The minimum atomic E-state index is 0.0200. The first-order valence-electron chi connectivity index (χ1n) is 10.6. The number of aryl methyl sites for hydroxylation is 1. The van der Waals surface area contributed by atoms with Crippen molar-refractivity contribution < 1.29 is 4.74 Å². The van der Waals surface area contributed by atoms with E-state index in [0.717, 1.165) is 27.5 Å². The molecule has 0 N–H and O–H groups in total. The molecule has 0 unspecified atom stereocenters. The van der Waals surface area contributed by atoms with Crippen molar-refractivity contribution in [2.45, 2.75) is 68.5 Å². The van der Waals surface area contributed by atoms with Crippen molar-refractivity contribution in [2.75, 3.05) is 7.11 Å². The predicted octanol–water partition coefficient (Wildman–Crippen LogP) is 5.22. The Kier molecular flexibility index (Phi) is 7.04. The largest absolute Gasteiger partial charge is 0.494 e. The molecule has 0 aliphatic heterocycles. The molecule has 0 radical (unpaired) electrons. The Bertz CT molecular complexity index is 1060. The van der Waals surface area contributed by atoms with Gasteiger partial charge in [0.1, 0.15) is 22.1 Å². The number of nitrogens with zero attached hydrogens (tertiary/aromatic N) is 4. The fraction of sp³-hybridized carbons (Fsp3) is 0.545. The van der Waals surface area contributed by atoms with Crippen molar-refractivity contribution in [2.24, 2.45) is 5.92 Å². The highest BCUT2D eigenvalue weighted by atomic mass is 32.2. The summed E-state index contributed by atoms with van der Waals surface area (Å²) in [4.78, 5) is 18.2. The summed E-state index contributed by atoms with van der Waals surface area (Å²) in [6, 6.07) is 5.55. The third-order valence-corrected chi connectivity index (χ3v) is 7.77. The lowest BCUT2D eigenvalue weighted by atomic mass is 9.86. The van der Waals surface area contributed by atoms with E-state index in [0.29, 0.717) is 29.0 Å². The minimum Gasteiger partial charge on any atom is -0.494 e. The Labute approximate surface area is 185 Å². The molecule has 1 fully saturated rings. The van der Waals surface area contributed by atoms with Gasteiger partial charge >= 0.3 is 0 Å². The molecular formula is C22H28N4O2S2. The smallest absolute Gasteiger partial charge is 0.261 e. The van der Waals surface area contributed by atoms with Crippen LogP contribution in [0.1, 0.15) is 55.8 Å². The van der Waals surface area contributed by atoms with Crippen molar-refractivity contribution in [1.82, 2.24) is 19.7 Å². The fourth-order valence-corrected chi connectivity index (χ4v) is 6.01. The van der Waals surface area contributed by atoms with Gasteiger partial charge in [0.15, 0.2) is 4.34 Å². The number of aromatic nitrogens is 4. The van der Waals surface area contributed by atoms with E-state index in [9.17, 15) is 4.79 Å². The number of hydrogen-bond donors (Lipinski definition) is 0. The van der Waals surface area contributed by atoms with Crippen LogP contribution in [0.25, 0.3) is 10.9 Å². The van der Waals surface area contributed by atoms with Crippen molar-refractivity contribution in [1.29, 1.82) is 0 Å². The van der Waals surface area contributed by atoms with Gasteiger partial charge in [0.05, 0.1) is 18.2 Å². The maximum atomic E-state index is 13.3. The summed E-state index contributed by atoms with van der Waals surface area (Å²) >= 11 is 3.15. The average Bonchev–Trinajstić information content (AvgIpc) is 3.19. The number of ether oxygens (including phenoxy) is 1. The van der Waals surface area contributed by atoms with Crippen LogP contribution in [0.2, 0.25) is 0 Å². The third-order valence-electron chi connectivity index (χ3n) is 5.80. The van der Waals surface area contributed by atoms with Gasteiger partial charge in [-0.15, -0.1) is 10.2 Å². The summed E-state index contributed by atoms with van der Waals surface area (Å²) in [5.41, 5.74) is 0.657. The van der Waals surface area contributed by atoms with Crippen LogP contribution >= 0.6 is 23.1 Å². The number of thioether (sulfide) groups is 1. The third kappa shape index (κ3) is 4.86. The highest BCUT2D eigenvalue weighted by Gasteiger charge is 2.17. The zero-order valence-corrected chi connectivity index (χ0v) is 19.2. The van der Waals surface area contributed by atoms with Crippen LogP contribution < -0.4 is 10.3 Å². The summed E-state index contributed by atoms with van der Waals surface area (Å²) in [6.45, 7) is 2.66. The molecule has 1 saturated carbocycles. The van der Waals surface area contributed by atoms with Crippen molar-refractivity contribution in [3.8, 4) is 5.75 Å². The standard InChI is InChI=1S/C22H28N4O2S2/c1-15-24-25-22(30-15)29-14-19-23-20-17(11-6-12-18(20)28-2)21(27)26(19)13-7-10-16-8-4-3-5-9-16/h6,11-12,16H,3-5,7-10,13-14H2,1-2H3. The van der Waals surface area contributed by atoms with Crippen LogP contribution in [-0.2, 0) is 12.3 Å². The molecule has 4 rings (SSSR count). The minimum absolute atomic E-state index is 0.0200. The Hall–Kier alpha value is -1.93. The second kappa shape index (κ2) is 9.92. The van der Waals surface area contributed by atoms with Gasteiger partial charge in [-0.05, 0) is 37.8 Å². The number of benzene rings is 1. The summed E-state index contributed by atoms with van der Waals surface area (Å²) < 4.78 is 8.23. The number of methoxy groups -OCH3 is 1. The van der Waals surface area contributed by atoms with E-state index in [1.54, 1.807) is 30.2 Å². The molecule has 1 aromatic carbocycles. The summed E-state index contributed by atoms with van der Waals surface area (Å²) in [7, 11) is 1.62. The van der Waals surface area contributed by atoms with Gasteiger partial charge in [0.2, 0.25) is 0 Å². The maximum absolute atomic E-state index is 13.3. The molecule has 3 aromatic rings. The monoisotopic (exact) mass is 444 g/mol. The van der Waals surface area contributed by atoms with E-state index < -0.39 is 0 Å². The van der Waals surface area contributed by atoms with Gasteiger partial charge < -0.3 is 4.74 Å². The molecule has 2 heterocycles. The van der Waals surface area contributed by atoms with Crippen molar-refractivity contribution in [3.05, 3.63) is 39.4 Å². The Morgan fingerprint density at radius 2 is 2.07 bits per heavy atom. The zero-order valence-electron chi connectivity index (χ0n) is 17.6. The Morgan fingerprint density at radius 3 is 2.80 bits per heavy atom. The lowest BCUT2D eigenvalue weighted by molar-refractivity contribution is 0.325. The first-order valence-corrected chi connectivity index (χ1v) is 12.4. The average molecular weight is 445 g/mol. The van der Waals surface area contributed by atoms with Crippen LogP contribution in [-0.4, -0.2) is 26.9 Å². The Balaban J connectivity index is 1.60. The lowest BCUT2D eigenvalue weighted by Gasteiger charge is -2.22. The normalized spacial score (nSPS) is 15.0. The van der Waals surface area contributed by atoms with E-state index in [4.69, 9.17) is 9.72 Å². The van der Waals surface area contributed by atoms with E-state index >= 15 is 0 Å². The van der Waals surface area contributed by atoms with Gasteiger partial charge in [-0.1, -0.05) is 61.3 Å². The molecule has 8 heteroatoms. The molecule has 1 aliphatic rings. The second-order valence-electron chi connectivity index (χ2n) is 7.86. The molecule has 2 aromatic heterocycles. The summed E-state index contributed by atoms with van der Waals surface area (Å²) in [6.07, 6.45) is 8.94. The van der Waals surface area contributed by atoms with Gasteiger partial charge in [0, 0.05) is 6.54 Å². The number of hydrogen-bond acceptors (Lipinski definition) is 7. The van der Waals surface area contributed by atoms with Crippen molar-refractivity contribution >= 4 is 34.0 Å². The van der Waals surface area contributed by atoms with Crippen molar-refractivity contribution in [3.63, 3.8) is 0 Å². The quantitative estimate of drug-likeness (QED) is 0.444. The van der Waals surface area contributed by atoms with Crippen LogP contribution in [0.4, 0.5) is 0 Å². The molecule has 6 nitrogen and oxygen atoms in total. The van der Waals surface area contributed by atoms with Crippen LogP contribution in [0.3, 0.4) is 0 Å². The highest BCUT2D eigenvalue weighted by Crippen LogP contribution is 2.29. The second-order valence-corrected chi connectivity index (χ2v) is 10.3. The molecule has 1 aliphatic carbocycles. The Morgan fingerprint density at radius 1 is 1.23 bits per heavy atom. The van der Waals surface area contributed by atoms with E-state index in [1.807, 2.05) is 29.7 Å². The SMILES string of the molecule is COc1cccc2c(=O)n(CCCC3CCCCC3)c(CSc3nnc(C)s3)nc12. The first-order chi connectivity index (χ1) is 14.7. The van der Waals surface area contributed by atoms with E-state index in [1.165, 1.54) is 38.5 Å². The van der Waals surface area contributed by atoms with Gasteiger partial charge in [-0.2, -0.15) is 0 Å². The van der Waals surface area contributed by atoms with Crippen LogP contribution in [0.5, 0.6) is 5.75 Å². The van der Waals surface area contributed by atoms with Gasteiger partial charge in [-0.25, -0.2) is 4.98 Å². The topological polar surface area (TPSA) is 69.9 Å². The van der Waals surface area contributed by atoms with Crippen LogP contribution in [0, 0.1) is 12.8 Å². The first kappa shape index (κ1) is 21.3. The molecule has 0 saturated heterocycles. The summed E-state index contributed by atoms with van der Waals surface area (Å²) in [5.74, 6) is 2.81. The van der Waals surface area contributed by atoms with Gasteiger partial charge in [0.25, 0.3) is 5.56 Å². The molecule has 160 valence electrons. The van der Waals surface area contributed by atoms with E-state index in [-0.39, 0.29) is 5.56 Å². The number of rotatable bonds is 8. The highest BCUT2D eigenvalue weighted by molar-refractivity contribution is 8.00. The van der Waals surface area contributed by atoms with Gasteiger partial charge in [-0.3, -0.25) is 9.36 Å². The zero-order chi connectivity index (χ0) is 20.9. The molecule has 0 atom stereocenters. The maximum Gasteiger partial charge on any atom is 0.261 e. The molecule has 0 spiro atoms. The predicted molar refractivity (Wildman–Crippen MR) is 123 cm³/mol. The molecule has 0 amide bonds. The molecular weight excluding hydrogens is 416 g/mol. The lowest BCUT2D eigenvalue weighted by Crippen LogP contribution is -2.26. The number of fused-ring (bicyclic) bond motifs is 1. The molecule has 30 heavy (non-hydrogen) atoms. The van der Waals surface area contributed by atoms with E-state index in [2.05, 4.69) is 10.2 Å². The summed E-state index contributed by atoms with van der Waals surface area (Å²) in [5, 5.41) is 9.84.